The number of hydrogen-bond donors (Lipinski definition) is 2. The summed E-state index contributed by atoms with van der Waals surface area (Å²) in [5.41, 5.74) is 3.24. The van der Waals surface area contributed by atoms with Gasteiger partial charge in [-0.25, -0.2) is 17.9 Å². The molecule has 4 aromatic rings. The van der Waals surface area contributed by atoms with E-state index in [0.29, 0.717) is 6.61 Å². The zero-order chi connectivity index (χ0) is 31.1. The van der Waals surface area contributed by atoms with Crippen molar-refractivity contribution in [2.75, 3.05) is 6.26 Å². The van der Waals surface area contributed by atoms with Crippen LogP contribution in [0.15, 0.2) is 89.8 Å². The van der Waals surface area contributed by atoms with Gasteiger partial charge in [-0.15, -0.1) is 0 Å². The normalized spacial score (nSPS) is 16.8. The van der Waals surface area contributed by atoms with Crippen molar-refractivity contribution in [1.29, 1.82) is 0 Å². The number of carbonyl (C=O) groups is 2. The van der Waals surface area contributed by atoms with E-state index in [2.05, 4.69) is 10.4 Å². The second-order valence-electron chi connectivity index (χ2n) is 10.9. The third-order valence-electron chi connectivity index (χ3n) is 7.60. The summed E-state index contributed by atoms with van der Waals surface area (Å²) in [4.78, 5) is 25.1. The lowest BCUT2D eigenvalue weighted by Crippen LogP contribution is -2.47. The SMILES string of the molecule is CS(=O)(=O)c1ccc(-c2ccccc2COc2cc(C(=O)O)nn2CC(=O)N[C@H]2CCCC[C@@H]2OCc2ccccc2)cc1. The topological polar surface area (TPSA) is 137 Å². The number of aromatic carboxylic acids is 1. The first kappa shape index (κ1) is 31.0. The Bertz CT molecular complexity index is 1700. The molecule has 0 unspecified atom stereocenters. The zero-order valence-corrected chi connectivity index (χ0v) is 25.2. The van der Waals surface area contributed by atoms with Crippen molar-refractivity contribution in [1.82, 2.24) is 15.1 Å². The number of rotatable bonds is 12. The molecule has 0 bridgehead atoms. The van der Waals surface area contributed by atoms with Crippen molar-refractivity contribution in [3.05, 3.63) is 102 Å². The van der Waals surface area contributed by atoms with Crippen LogP contribution < -0.4 is 10.1 Å². The first-order valence-electron chi connectivity index (χ1n) is 14.4. The van der Waals surface area contributed by atoms with Crippen LogP contribution in [0.3, 0.4) is 0 Å². The van der Waals surface area contributed by atoms with E-state index in [1.54, 1.807) is 24.3 Å². The summed E-state index contributed by atoms with van der Waals surface area (Å²) in [5, 5.41) is 16.7. The molecule has 0 saturated heterocycles. The number of carboxylic acid groups (broad SMARTS) is 1. The Morgan fingerprint density at radius 2 is 1.66 bits per heavy atom. The van der Waals surface area contributed by atoms with Gasteiger partial charge in [-0.05, 0) is 47.2 Å². The molecule has 1 aliphatic carbocycles. The molecule has 10 nitrogen and oxygen atoms in total. The molecule has 5 rings (SSSR count). The van der Waals surface area contributed by atoms with Crippen LogP contribution in [0.4, 0.5) is 0 Å². The van der Waals surface area contributed by atoms with Crippen LogP contribution in [0.1, 0.15) is 47.3 Å². The van der Waals surface area contributed by atoms with Gasteiger partial charge in [0.15, 0.2) is 15.5 Å². The molecule has 11 heteroatoms. The molecule has 0 aliphatic heterocycles. The molecule has 3 aromatic carbocycles. The molecule has 0 radical (unpaired) electrons. The highest BCUT2D eigenvalue weighted by Crippen LogP contribution is 2.27. The van der Waals surface area contributed by atoms with Gasteiger partial charge in [0.05, 0.1) is 23.6 Å². The van der Waals surface area contributed by atoms with Crippen LogP contribution in [0, 0.1) is 0 Å². The Morgan fingerprint density at radius 1 is 0.955 bits per heavy atom. The number of aromatic nitrogens is 2. The predicted molar refractivity (Wildman–Crippen MR) is 164 cm³/mol. The monoisotopic (exact) mass is 617 g/mol. The average Bonchev–Trinajstić information content (AvgIpc) is 3.42. The van der Waals surface area contributed by atoms with Crippen molar-refractivity contribution in [2.24, 2.45) is 0 Å². The van der Waals surface area contributed by atoms with E-state index in [0.717, 1.165) is 54.2 Å². The van der Waals surface area contributed by atoms with Crippen LogP contribution in [-0.2, 0) is 39.1 Å². The Kier molecular flexibility index (Phi) is 9.76. The standard InChI is InChI=1S/C33H35N3O7S/c1-44(40,41)26-17-15-24(16-18-26)27-12-6-5-11-25(27)22-43-32-19-29(33(38)39)35-36(32)20-31(37)34-28-13-7-8-14-30(28)42-21-23-9-3-2-4-10-23/h2-6,9-12,15-19,28,30H,7-8,13-14,20-22H2,1H3,(H,34,37)(H,38,39)/t28-,30-/m0/s1. The smallest absolute Gasteiger partial charge is 0.356 e. The number of hydrogen-bond acceptors (Lipinski definition) is 7. The van der Waals surface area contributed by atoms with Crippen LogP contribution in [-0.4, -0.2) is 53.6 Å². The van der Waals surface area contributed by atoms with Gasteiger partial charge in [0.2, 0.25) is 11.8 Å². The van der Waals surface area contributed by atoms with Gasteiger partial charge in [0, 0.05) is 12.3 Å². The summed E-state index contributed by atoms with van der Waals surface area (Å²) in [6.07, 6.45) is 4.66. The fourth-order valence-electron chi connectivity index (χ4n) is 5.32. The lowest BCUT2D eigenvalue weighted by Gasteiger charge is -2.32. The number of sulfone groups is 1. The Hall–Kier alpha value is -4.48. The van der Waals surface area contributed by atoms with E-state index in [-0.39, 0.29) is 47.7 Å². The minimum atomic E-state index is -3.33. The first-order chi connectivity index (χ1) is 21.2. The maximum Gasteiger partial charge on any atom is 0.356 e. The average molecular weight is 618 g/mol. The van der Waals surface area contributed by atoms with Crippen molar-refractivity contribution < 1.29 is 32.6 Å². The number of carbonyl (C=O) groups excluding carboxylic acids is 1. The van der Waals surface area contributed by atoms with Crippen LogP contribution in [0.5, 0.6) is 5.88 Å². The minimum absolute atomic E-state index is 0.0639. The van der Waals surface area contributed by atoms with E-state index in [4.69, 9.17) is 9.47 Å². The molecule has 2 atom stereocenters. The fourth-order valence-corrected chi connectivity index (χ4v) is 5.95. The van der Waals surface area contributed by atoms with Crippen molar-refractivity contribution in [3.8, 4) is 17.0 Å². The Labute approximate surface area is 256 Å². The van der Waals surface area contributed by atoms with E-state index in [1.165, 1.54) is 10.7 Å². The van der Waals surface area contributed by atoms with Gasteiger partial charge in [-0.1, -0.05) is 79.6 Å². The Balaban J connectivity index is 1.27. The summed E-state index contributed by atoms with van der Waals surface area (Å²) in [5.74, 6) is -1.41. The highest BCUT2D eigenvalue weighted by Gasteiger charge is 2.28. The number of ether oxygens (including phenoxy) is 2. The summed E-state index contributed by atoms with van der Waals surface area (Å²) in [6.45, 7) is 0.299. The van der Waals surface area contributed by atoms with E-state index >= 15 is 0 Å². The first-order valence-corrected chi connectivity index (χ1v) is 16.3. The van der Waals surface area contributed by atoms with Crippen LogP contribution in [0.2, 0.25) is 0 Å². The van der Waals surface area contributed by atoms with Crippen LogP contribution in [0.25, 0.3) is 11.1 Å². The number of nitrogens with zero attached hydrogens (tertiary/aromatic N) is 2. The molecule has 1 heterocycles. The maximum atomic E-state index is 13.2. The van der Waals surface area contributed by atoms with Crippen molar-refractivity contribution >= 4 is 21.7 Å². The van der Waals surface area contributed by atoms with Crippen molar-refractivity contribution in [3.63, 3.8) is 0 Å². The summed E-state index contributed by atoms with van der Waals surface area (Å²) in [7, 11) is -3.33. The zero-order valence-electron chi connectivity index (χ0n) is 24.4. The second kappa shape index (κ2) is 13.9. The molecule has 1 saturated carbocycles. The third-order valence-corrected chi connectivity index (χ3v) is 8.73. The molecule has 44 heavy (non-hydrogen) atoms. The van der Waals surface area contributed by atoms with Gasteiger partial charge >= 0.3 is 5.97 Å². The van der Waals surface area contributed by atoms with Gasteiger partial charge in [-0.2, -0.15) is 5.10 Å². The van der Waals surface area contributed by atoms with Gasteiger partial charge in [0.25, 0.3) is 0 Å². The number of nitrogens with one attached hydrogen (secondary N) is 1. The largest absolute Gasteiger partial charge is 0.476 e. The second-order valence-corrected chi connectivity index (χ2v) is 12.9. The van der Waals surface area contributed by atoms with Gasteiger partial charge < -0.3 is 19.9 Å². The highest BCUT2D eigenvalue weighted by molar-refractivity contribution is 7.90. The van der Waals surface area contributed by atoms with Gasteiger partial charge in [-0.3, -0.25) is 4.79 Å². The summed E-state index contributed by atoms with van der Waals surface area (Å²) >= 11 is 0. The molecule has 2 N–H and O–H groups in total. The molecular weight excluding hydrogens is 582 g/mol. The molecule has 1 aromatic heterocycles. The molecule has 1 fully saturated rings. The van der Waals surface area contributed by atoms with E-state index in [9.17, 15) is 23.1 Å². The predicted octanol–water partition coefficient (Wildman–Crippen LogP) is 4.88. The lowest BCUT2D eigenvalue weighted by molar-refractivity contribution is -0.124. The highest BCUT2D eigenvalue weighted by atomic mass is 32.2. The maximum absolute atomic E-state index is 13.2. The molecule has 0 spiro atoms. The third kappa shape index (κ3) is 7.91. The fraction of sp³-hybridized carbons (Fsp3) is 0.303. The van der Waals surface area contributed by atoms with Crippen molar-refractivity contribution in [2.45, 2.75) is 62.5 Å². The summed E-state index contributed by atoms with van der Waals surface area (Å²) in [6, 6.07) is 25.1. The van der Waals surface area contributed by atoms with E-state index < -0.39 is 15.8 Å². The van der Waals surface area contributed by atoms with Gasteiger partial charge in [0.1, 0.15) is 13.2 Å². The Morgan fingerprint density at radius 3 is 2.39 bits per heavy atom. The number of amides is 1. The molecule has 1 amide bonds. The van der Waals surface area contributed by atoms with E-state index in [1.807, 2.05) is 54.6 Å². The molecular formula is C33H35N3O7S. The number of benzene rings is 3. The van der Waals surface area contributed by atoms with Crippen LogP contribution >= 0.6 is 0 Å². The lowest BCUT2D eigenvalue weighted by atomic mass is 9.92. The quantitative estimate of drug-likeness (QED) is 0.230. The minimum Gasteiger partial charge on any atom is -0.476 e. The number of carboxylic acids is 1. The molecule has 1 aliphatic rings. The summed E-state index contributed by atoms with van der Waals surface area (Å²) < 4.78 is 37.2. The molecule has 230 valence electrons.